The molecule has 2 heterocycles. The molecule has 0 aliphatic heterocycles. The highest BCUT2D eigenvalue weighted by Gasteiger charge is 2.22. The van der Waals surface area contributed by atoms with Gasteiger partial charge in [-0.15, -0.1) is 0 Å². The van der Waals surface area contributed by atoms with E-state index >= 15 is 0 Å². The van der Waals surface area contributed by atoms with Gasteiger partial charge in [-0.1, -0.05) is 53.8 Å². The van der Waals surface area contributed by atoms with E-state index in [1.807, 2.05) is 42.5 Å². The van der Waals surface area contributed by atoms with Gasteiger partial charge in [-0.2, -0.15) is 0 Å². The molecule has 0 radical (unpaired) electrons. The second kappa shape index (κ2) is 8.58. The fourth-order valence-corrected chi connectivity index (χ4v) is 5.77. The summed E-state index contributed by atoms with van der Waals surface area (Å²) in [5.41, 5.74) is 4.27. The largest absolute Gasteiger partial charge is 0.279 e. The topological polar surface area (TPSA) is 72.0 Å². The van der Waals surface area contributed by atoms with E-state index in [4.69, 9.17) is 4.98 Å². The van der Waals surface area contributed by atoms with Crippen LogP contribution in [0.2, 0.25) is 0 Å². The van der Waals surface area contributed by atoms with Crippen molar-refractivity contribution in [3.05, 3.63) is 96.2 Å². The highest BCUT2D eigenvalue weighted by molar-refractivity contribution is 7.92. The third-order valence-corrected chi connectivity index (χ3v) is 7.74. The van der Waals surface area contributed by atoms with Gasteiger partial charge in [0, 0.05) is 17.3 Å². The van der Waals surface area contributed by atoms with Crippen molar-refractivity contribution in [1.29, 1.82) is 0 Å². The Balaban J connectivity index is 1.52. The Labute approximate surface area is 198 Å². The quantitative estimate of drug-likeness (QED) is 0.307. The first kappa shape index (κ1) is 22.1. The van der Waals surface area contributed by atoms with Crippen LogP contribution in [-0.4, -0.2) is 18.4 Å². The molecule has 1 N–H and O–H groups in total. The molecule has 0 unspecified atom stereocenters. The standard InChI is InChI=1S/C25H17F2N3O2S2/c1-15-19(8-5-9-21(15)30-34(31,32)23-13-18(26)10-11-20(23)27)24-29-22-12-17(14-28-25(22)33-24)16-6-3-2-4-7-16/h2-14,30H,1H3. The van der Waals surface area contributed by atoms with Crippen molar-refractivity contribution < 1.29 is 17.2 Å². The third kappa shape index (κ3) is 4.15. The van der Waals surface area contributed by atoms with Crippen molar-refractivity contribution in [2.75, 3.05) is 4.72 Å². The van der Waals surface area contributed by atoms with E-state index in [-0.39, 0.29) is 5.69 Å². The fourth-order valence-electron chi connectivity index (χ4n) is 3.59. The lowest BCUT2D eigenvalue weighted by atomic mass is 10.1. The van der Waals surface area contributed by atoms with E-state index < -0.39 is 26.6 Å². The molecule has 3 aromatic carbocycles. The van der Waals surface area contributed by atoms with Crippen LogP contribution < -0.4 is 4.72 Å². The number of benzene rings is 3. The number of fused-ring (bicyclic) bond motifs is 1. The predicted molar refractivity (Wildman–Crippen MR) is 130 cm³/mol. The van der Waals surface area contributed by atoms with Gasteiger partial charge in [-0.3, -0.25) is 4.72 Å². The number of rotatable bonds is 5. The van der Waals surface area contributed by atoms with Crippen LogP contribution in [0.3, 0.4) is 0 Å². The normalized spacial score (nSPS) is 11.6. The predicted octanol–water partition coefficient (Wildman–Crippen LogP) is 6.41. The van der Waals surface area contributed by atoms with Crippen LogP contribution >= 0.6 is 11.3 Å². The smallest absolute Gasteiger partial charge is 0.264 e. The summed E-state index contributed by atoms with van der Waals surface area (Å²) >= 11 is 1.39. The Hall–Kier alpha value is -3.69. The van der Waals surface area contributed by atoms with E-state index in [9.17, 15) is 17.2 Å². The molecule has 9 heteroatoms. The number of hydrogen-bond donors (Lipinski definition) is 1. The number of anilines is 1. The van der Waals surface area contributed by atoms with Gasteiger partial charge in [-0.25, -0.2) is 27.2 Å². The molecular formula is C25H17F2N3O2S2. The van der Waals surface area contributed by atoms with Crippen LogP contribution in [0.1, 0.15) is 5.56 Å². The molecule has 170 valence electrons. The van der Waals surface area contributed by atoms with E-state index in [0.29, 0.717) is 22.2 Å². The van der Waals surface area contributed by atoms with E-state index in [0.717, 1.165) is 33.6 Å². The summed E-state index contributed by atoms with van der Waals surface area (Å²) in [6.45, 7) is 1.74. The Morgan fingerprint density at radius 3 is 2.50 bits per heavy atom. The van der Waals surface area contributed by atoms with Gasteiger partial charge in [0.2, 0.25) is 0 Å². The average Bonchev–Trinajstić information content (AvgIpc) is 3.25. The lowest BCUT2D eigenvalue weighted by molar-refractivity contribution is 0.555. The number of thiazole rings is 1. The summed E-state index contributed by atoms with van der Waals surface area (Å²) < 4.78 is 55.5. The Kier molecular flexibility index (Phi) is 5.59. The molecule has 0 amide bonds. The van der Waals surface area contributed by atoms with Crippen LogP contribution in [-0.2, 0) is 10.0 Å². The molecule has 5 aromatic rings. The maximum atomic E-state index is 14.1. The lowest BCUT2D eigenvalue weighted by Crippen LogP contribution is -2.15. The van der Waals surface area contributed by atoms with Crippen molar-refractivity contribution in [2.45, 2.75) is 11.8 Å². The number of nitrogens with one attached hydrogen (secondary N) is 1. The van der Waals surface area contributed by atoms with Crippen LogP contribution in [0, 0.1) is 18.6 Å². The maximum Gasteiger partial charge on any atom is 0.264 e. The van der Waals surface area contributed by atoms with Gasteiger partial charge < -0.3 is 0 Å². The Morgan fingerprint density at radius 2 is 1.71 bits per heavy atom. The van der Waals surface area contributed by atoms with Gasteiger partial charge in [0.05, 0.1) is 5.69 Å². The van der Waals surface area contributed by atoms with Crippen molar-refractivity contribution in [3.8, 4) is 21.7 Å². The molecule has 0 aliphatic carbocycles. The minimum absolute atomic E-state index is 0.248. The summed E-state index contributed by atoms with van der Waals surface area (Å²) in [5.74, 6) is -1.88. The fraction of sp³-hybridized carbons (Fsp3) is 0.0400. The molecule has 0 bridgehead atoms. The van der Waals surface area contributed by atoms with E-state index in [2.05, 4.69) is 9.71 Å². The highest BCUT2D eigenvalue weighted by Crippen LogP contribution is 2.35. The van der Waals surface area contributed by atoms with Crippen LogP contribution in [0.15, 0.2) is 83.9 Å². The van der Waals surface area contributed by atoms with Gasteiger partial charge in [0.15, 0.2) is 0 Å². The third-order valence-electron chi connectivity index (χ3n) is 5.35. The Morgan fingerprint density at radius 1 is 0.912 bits per heavy atom. The second-order valence-electron chi connectivity index (χ2n) is 7.59. The van der Waals surface area contributed by atoms with Crippen molar-refractivity contribution in [3.63, 3.8) is 0 Å². The molecule has 0 atom stereocenters. The monoisotopic (exact) mass is 493 g/mol. The minimum atomic E-state index is -4.34. The zero-order valence-corrected chi connectivity index (χ0v) is 19.4. The maximum absolute atomic E-state index is 14.1. The van der Waals surface area contributed by atoms with E-state index in [1.165, 1.54) is 11.3 Å². The number of sulfonamides is 1. The van der Waals surface area contributed by atoms with E-state index in [1.54, 1.807) is 25.3 Å². The molecule has 0 saturated carbocycles. The molecule has 0 spiro atoms. The number of nitrogens with zero attached hydrogens (tertiary/aromatic N) is 2. The summed E-state index contributed by atoms with van der Waals surface area (Å²) in [4.78, 5) is 9.26. The molecule has 5 rings (SSSR count). The first-order chi connectivity index (χ1) is 16.3. The van der Waals surface area contributed by atoms with Crippen LogP contribution in [0.25, 0.3) is 32.0 Å². The molecule has 5 nitrogen and oxygen atoms in total. The summed E-state index contributed by atoms with van der Waals surface area (Å²) in [5, 5.41) is 0.670. The number of hydrogen-bond acceptors (Lipinski definition) is 5. The summed E-state index contributed by atoms with van der Waals surface area (Å²) in [7, 11) is -4.34. The number of halogens is 2. The summed E-state index contributed by atoms with van der Waals surface area (Å²) in [6.07, 6.45) is 1.80. The van der Waals surface area contributed by atoms with Gasteiger partial charge in [0.1, 0.15) is 31.9 Å². The van der Waals surface area contributed by atoms with Gasteiger partial charge in [0.25, 0.3) is 10.0 Å². The Bertz CT molecular complexity index is 1640. The molecule has 0 aliphatic rings. The van der Waals surface area contributed by atoms with Crippen molar-refractivity contribution >= 4 is 37.4 Å². The zero-order valence-electron chi connectivity index (χ0n) is 17.8. The van der Waals surface area contributed by atoms with Gasteiger partial charge in [-0.05, 0) is 48.4 Å². The summed E-state index contributed by atoms with van der Waals surface area (Å²) in [6, 6.07) is 19.2. The van der Waals surface area contributed by atoms with Crippen molar-refractivity contribution in [1.82, 2.24) is 9.97 Å². The average molecular weight is 494 g/mol. The second-order valence-corrected chi connectivity index (χ2v) is 10.2. The lowest BCUT2D eigenvalue weighted by Gasteiger charge is -2.13. The van der Waals surface area contributed by atoms with Crippen LogP contribution in [0.5, 0.6) is 0 Å². The molecule has 2 aromatic heterocycles. The number of aromatic nitrogens is 2. The molecular weight excluding hydrogens is 476 g/mol. The zero-order chi connectivity index (χ0) is 23.9. The van der Waals surface area contributed by atoms with Gasteiger partial charge >= 0.3 is 0 Å². The molecule has 0 fully saturated rings. The van der Waals surface area contributed by atoms with Crippen molar-refractivity contribution in [2.24, 2.45) is 0 Å². The van der Waals surface area contributed by atoms with Crippen LogP contribution in [0.4, 0.5) is 14.5 Å². The highest BCUT2D eigenvalue weighted by atomic mass is 32.2. The number of pyridine rings is 1. The first-order valence-corrected chi connectivity index (χ1v) is 12.5. The SMILES string of the molecule is Cc1c(NS(=O)(=O)c2cc(F)ccc2F)cccc1-c1nc2cc(-c3ccccc3)cnc2s1. The molecule has 34 heavy (non-hydrogen) atoms. The minimum Gasteiger partial charge on any atom is -0.279 e. The molecule has 0 saturated heterocycles. The first-order valence-electron chi connectivity index (χ1n) is 10.2.